The van der Waals surface area contributed by atoms with Crippen molar-refractivity contribution in [1.29, 1.82) is 0 Å². The predicted molar refractivity (Wildman–Crippen MR) is 67.9 cm³/mol. The van der Waals surface area contributed by atoms with Gasteiger partial charge < -0.3 is 20.6 Å². The van der Waals surface area contributed by atoms with E-state index in [1.165, 1.54) is 4.90 Å². The summed E-state index contributed by atoms with van der Waals surface area (Å²) in [6, 6.07) is 1.58. The van der Waals surface area contributed by atoms with Crippen LogP contribution in [0, 0.1) is 0 Å². The number of nitrogen functional groups attached to an aromatic ring is 1. The number of anilines is 2. The molecule has 1 aliphatic rings. The third kappa shape index (κ3) is 2.56. The molecule has 0 saturated carbocycles. The lowest BCUT2D eigenvalue weighted by molar-refractivity contribution is 0.142. The maximum atomic E-state index is 10.9. The molecule has 1 atom stereocenters. The molecule has 2 heterocycles. The molecule has 1 aromatic rings. The number of aromatic nitrogens is 2. The lowest BCUT2D eigenvalue weighted by atomic mass is 10.2. The minimum atomic E-state index is -0.929. The van der Waals surface area contributed by atoms with Crippen LogP contribution in [0.5, 0.6) is 0 Å². The number of halogens is 1. The number of rotatable bonds is 2. The van der Waals surface area contributed by atoms with Crippen molar-refractivity contribution in [1.82, 2.24) is 14.9 Å². The van der Waals surface area contributed by atoms with E-state index in [1.54, 1.807) is 13.1 Å². The summed E-state index contributed by atoms with van der Waals surface area (Å²) in [5.41, 5.74) is 5.53. The molecule has 1 aliphatic heterocycles. The fourth-order valence-electron chi connectivity index (χ4n) is 2.01. The van der Waals surface area contributed by atoms with E-state index in [-0.39, 0.29) is 17.1 Å². The molecule has 2 rings (SSSR count). The molecule has 0 bridgehead atoms. The van der Waals surface area contributed by atoms with E-state index in [9.17, 15) is 4.79 Å². The highest BCUT2D eigenvalue weighted by molar-refractivity contribution is 6.29. The van der Waals surface area contributed by atoms with Crippen LogP contribution in [0.25, 0.3) is 0 Å². The first-order valence-corrected chi connectivity index (χ1v) is 5.86. The summed E-state index contributed by atoms with van der Waals surface area (Å²) < 4.78 is 0. The molecule has 8 heteroatoms. The Morgan fingerprint density at radius 3 is 3.00 bits per heavy atom. The predicted octanol–water partition coefficient (Wildman–Crippen LogP) is 0.901. The average Bonchev–Trinajstić information content (AvgIpc) is 2.75. The molecule has 7 nitrogen and oxygen atoms in total. The molecule has 3 N–H and O–H groups in total. The van der Waals surface area contributed by atoms with Crippen LogP contribution in [0.15, 0.2) is 6.07 Å². The molecule has 1 aromatic heterocycles. The van der Waals surface area contributed by atoms with Gasteiger partial charge in [-0.15, -0.1) is 0 Å². The molecular weight excluding hydrogens is 258 g/mol. The van der Waals surface area contributed by atoms with Gasteiger partial charge in [0, 0.05) is 26.2 Å². The smallest absolute Gasteiger partial charge is 0.407 e. The third-order valence-electron chi connectivity index (χ3n) is 3.04. The van der Waals surface area contributed by atoms with Gasteiger partial charge in [0.25, 0.3) is 0 Å². The molecule has 1 amide bonds. The second-order valence-electron chi connectivity index (χ2n) is 4.19. The summed E-state index contributed by atoms with van der Waals surface area (Å²) in [7, 11) is 1.57. The van der Waals surface area contributed by atoms with Gasteiger partial charge in [-0.1, -0.05) is 11.6 Å². The number of carbonyl (C=O) groups is 1. The van der Waals surface area contributed by atoms with Gasteiger partial charge in [-0.2, -0.15) is 4.98 Å². The minimum Gasteiger partial charge on any atom is -0.465 e. The second kappa shape index (κ2) is 4.85. The number of amides is 1. The second-order valence-corrected chi connectivity index (χ2v) is 4.58. The summed E-state index contributed by atoms with van der Waals surface area (Å²) in [5, 5.41) is 9.21. The van der Waals surface area contributed by atoms with Gasteiger partial charge in [-0.05, 0) is 6.42 Å². The number of hydrogen-bond acceptors (Lipinski definition) is 5. The van der Waals surface area contributed by atoms with E-state index in [4.69, 9.17) is 22.4 Å². The van der Waals surface area contributed by atoms with E-state index < -0.39 is 6.09 Å². The van der Waals surface area contributed by atoms with Crippen molar-refractivity contribution in [3.63, 3.8) is 0 Å². The summed E-state index contributed by atoms with van der Waals surface area (Å²) >= 11 is 5.82. The van der Waals surface area contributed by atoms with Crippen LogP contribution in [0.1, 0.15) is 6.42 Å². The van der Waals surface area contributed by atoms with Crippen LogP contribution in [0.2, 0.25) is 5.15 Å². The van der Waals surface area contributed by atoms with Gasteiger partial charge in [0.2, 0.25) is 5.95 Å². The normalized spacial score (nSPS) is 19.0. The fraction of sp³-hybridized carbons (Fsp3) is 0.500. The van der Waals surface area contributed by atoms with Gasteiger partial charge in [-0.3, -0.25) is 0 Å². The Bertz CT molecular complexity index is 449. The molecular formula is C10H14ClN5O2. The zero-order valence-electron chi connectivity index (χ0n) is 9.88. The monoisotopic (exact) mass is 271 g/mol. The number of nitrogens with zero attached hydrogens (tertiary/aromatic N) is 4. The zero-order valence-corrected chi connectivity index (χ0v) is 10.6. The van der Waals surface area contributed by atoms with Crippen LogP contribution >= 0.6 is 11.6 Å². The molecule has 0 aromatic carbocycles. The van der Waals surface area contributed by atoms with Crippen molar-refractivity contribution in [2.24, 2.45) is 0 Å². The Kier molecular flexibility index (Phi) is 3.42. The van der Waals surface area contributed by atoms with Gasteiger partial charge in [0.15, 0.2) is 0 Å². The Morgan fingerprint density at radius 2 is 2.39 bits per heavy atom. The highest BCUT2D eigenvalue weighted by Gasteiger charge is 2.29. The zero-order chi connectivity index (χ0) is 13.3. The quantitative estimate of drug-likeness (QED) is 0.776. The summed E-state index contributed by atoms with van der Waals surface area (Å²) in [5.74, 6) is 0.751. The van der Waals surface area contributed by atoms with Crippen molar-refractivity contribution >= 4 is 29.5 Å². The number of hydrogen-bond donors (Lipinski definition) is 2. The minimum absolute atomic E-state index is 0.0440. The number of likely N-dealkylation sites (N-methyl/N-ethyl adjacent to an activating group) is 1. The van der Waals surface area contributed by atoms with Crippen LogP contribution < -0.4 is 10.6 Å². The van der Waals surface area contributed by atoms with Crippen LogP contribution in [0.4, 0.5) is 16.6 Å². The lowest BCUT2D eigenvalue weighted by Gasteiger charge is -2.22. The number of carboxylic acid groups (broad SMARTS) is 1. The summed E-state index contributed by atoms with van der Waals surface area (Å²) in [4.78, 5) is 22.0. The largest absolute Gasteiger partial charge is 0.465 e. The Balaban J connectivity index is 2.11. The van der Waals surface area contributed by atoms with Crippen molar-refractivity contribution in [2.45, 2.75) is 12.5 Å². The highest BCUT2D eigenvalue weighted by atomic mass is 35.5. The molecule has 98 valence electrons. The average molecular weight is 272 g/mol. The molecule has 1 saturated heterocycles. The van der Waals surface area contributed by atoms with E-state index in [1.807, 2.05) is 4.90 Å². The van der Waals surface area contributed by atoms with E-state index in [0.29, 0.717) is 12.4 Å². The highest BCUT2D eigenvalue weighted by Crippen LogP contribution is 2.23. The summed E-state index contributed by atoms with van der Waals surface area (Å²) in [6.45, 7) is 1.30. The van der Waals surface area contributed by atoms with Gasteiger partial charge in [-0.25, -0.2) is 9.78 Å². The first-order chi connectivity index (χ1) is 8.47. The van der Waals surface area contributed by atoms with Crippen LogP contribution in [-0.4, -0.2) is 52.2 Å². The topological polar surface area (TPSA) is 95.6 Å². The van der Waals surface area contributed by atoms with E-state index in [0.717, 1.165) is 13.0 Å². The SMILES string of the molecule is CN(C(=O)O)[C@H]1CCN(c2cc(Cl)nc(N)n2)C1. The van der Waals surface area contributed by atoms with Gasteiger partial charge >= 0.3 is 6.09 Å². The Labute approximate surface area is 109 Å². The standard InChI is InChI=1S/C10H14ClN5O2/c1-15(10(17)18)6-2-3-16(5-6)8-4-7(11)13-9(12)14-8/h4,6H,2-3,5H2,1H3,(H,17,18)(H2,12,13,14)/t6-/m0/s1. The van der Waals surface area contributed by atoms with Gasteiger partial charge in [0.1, 0.15) is 11.0 Å². The first kappa shape index (κ1) is 12.7. The van der Waals surface area contributed by atoms with Crippen LogP contribution in [-0.2, 0) is 0 Å². The molecule has 1 fully saturated rings. The summed E-state index contributed by atoms with van der Waals surface area (Å²) in [6.07, 6.45) is -0.174. The van der Waals surface area contributed by atoms with E-state index in [2.05, 4.69) is 9.97 Å². The van der Waals surface area contributed by atoms with Gasteiger partial charge in [0.05, 0.1) is 6.04 Å². The fourth-order valence-corrected chi connectivity index (χ4v) is 2.19. The van der Waals surface area contributed by atoms with Crippen molar-refractivity contribution in [2.75, 3.05) is 30.8 Å². The molecule has 0 aliphatic carbocycles. The van der Waals surface area contributed by atoms with Crippen LogP contribution in [0.3, 0.4) is 0 Å². The molecule has 0 radical (unpaired) electrons. The number of nitrogens with two attached hydrogens (primary N) is 1. The van der Waals surface area contributed by atoms with Crippen molar-refractivity contribution < 1.29 is 9.90 Å². The first-order valence-electron chi connectivity index (χ1n) is 5.48. The molecule has 0 unspecified atom stereocenters. The maximum absolute atomic E-state index is 10.9. The van der Waals surface area contributed by atoms with Crippen molar-refractivity contribution in [3.05, 3.63) is 11.2 Å². The molecule has 18 heavy (non-hydrogen) atoms. The lowest BCUT2D eigenvalue weighted by Crippen LogP contribution is -2.38. The maximum Gasteiger partial charge on any atom is 0.407 e. The Hall–Kier alpha value is -1.76. The van der Waals surface area contributed by atoms with E-state index >= 15 is 0 Å². The van der Waals surface area contributed by atoms with Crippen molar-refractivity contribution in [3.8, 4) is 0 Å². The molecule has 0 spiro atoms. The third-order valence-corrected chi connectivity index (χ3v) is 3.23. The Morgan fingerprint density at radius 1 is 1.67 bits per heavy atom.